The number of likely N-dealkylation sites (N-methyl/N-ethyl adjacent to an activating group) is 1. The van der Waals surface area contributed by atoms with Gasteiger partial charge >= 0.3 is 0 Å². The van der Waals surface area contributed by atoms with Crippen LogP contribution in [0.2, 0.25) is 0 Å². The van der Waals surface area contributed by atoms with Gasteiger partial charge in [-0.2, -0.15) is 0 Å². The molecule has 0 saturated carbocycles. The zero-order valence-corrected chi connectivity index (χ0v) is 31.2. The van der Waals surface area contributed by atoms with Crippen LogP contribution >= 0.6 is 0 Å². The van der Waals surface area contributed by atoms with Crippen LogP contribution in [0.1, 0.15) is 121 Å². The van der Waals surface area contributed by atoms with E-state index >= 15 is 0 Å². The summed E-state index contributed by atoms with van der Waals surface area (Å²) >= 11 is 0. The molecule has 0 spiro atoms. The summed E-state index contributed by atoms with van der Waals surface area (Å²) in [7, 11) is 1.50. The third-order valence-electron chi connectivity index (χ3n) is 10.0. The minimum absolute atomic E-state index is 0.0390. The molecule has 0 saturated heterocycles. The summed E-state index contributed by atoms with van der Waals surface area (Å²) in [5.41, 5.74) is 7.34. The maximum Gasteiger partial charge on any atom is 0.226 e. The minimum atomic E-state index is -1.17. The number of fused-ring (bicyclic) bond motifs is 5. The second-order valence-corrected chi connectivity index (χ2v) is 14.4. The molecule has 0 radical (unpaired) electrons. The number of ketones is 3. The number of nitrogens with zero attached hydrogens (tertiary/aromatic N) is 1. The molecule has 2 aromatic carbocycles. The lowest BCUT2D eigenvalue weighted by Crippen LogP contribution is -2.44. The van der Waals surface area contributed by atoms with Gasteiger partial charge in [0.2, 0.25) is 11.8 Å². The van der Waals surface area contributed by atoms with Crippen LogP contribution in [0.5, 0.6) is 11.5 Å². The standard InChI is InChI=1S/C41H59N3O8/c1-4-5-6-7-8-13-32(46)14-11-15-33(47)24-30(12-9-10-20-42)41(52)44(3)39-29-17-19-37(49)35(25-29)34-23-28(16-18-36(34)48)22-31(26-45)43-40(51)27(2)21-38(39)50/h16-19,23,25,27,30-31,39,45,48-49H,4-15,20-22,24,26,42H2,1-3H3,(H,43,51)/t27-,30-,31+,39+/m1/s1. The van der Waals surface area contributed by atoms with Crippen molar-refractivity contribution in [2.75, 3.05) is 20.2 Å². The van der Waals surface area contributed by atoms with E-state index < -0.39 is 41.5 Å². The molecule has 0 unspecified atom stereocenters. The number of aromatic hydroxyl groups is 2. The summed E-state index contributed by atoms with van der Waals surface area (Å²) in [5.74, 6) is -3.04. The van der Waals surface area contributed by atoms with Gasteiger partial charge in [0.25, 0.3) is 0 Å². The lowest BCUT2D eigenvalue weighted by atomic mass is 9.88. The molecule has 1 heterocycles. The fourth-order valence-corrected chi connectivity index (χ4v) is 6.96. The number of benzene rings is 2. The quantitative estimate of drug-likeness (QED) is 0.114. The molecule has 6 N–H and O–H groups in total. The normalized spacial score (nSPS) is 18.3. The lowest BCUT2D eigenvalue weighted by Gasteiger charge is -2.32. The Bertz CT molecular complexity index is 1530. The van der Waals surface area contributed by atoms with Crippen LogP contribution in [0.25, 0.3) is 11.1 Å². The van der Waals surface area contributed by atoms with E-state index in [1.54, 1.807) is 31.2 Å². The molecule has 11 heteroatoms. The van der Waals surface area contributed by atoms with E-state index in [2.05, 4.69) is 12.2 Å². The van der Waals surface area contributed by atoms with Crippen LogP contribution < -0.4 is 11.1 Å². The number of hydrogen-bond acceptors (Lipinski definition) is 9. The third kappa shape index (κ3) is 12.5. The van der Waals surface area contributed by atoms with Crippen molar-refractivity contribution in [3.8, 4) is 22.6 Å². The van der Waals surface area contributed by atoms with Gasteiger partial charge < -0.3 is 31.3 Å². The molecule has 0 aromatic heterocycles. The van der Waals surface area contributed by atoms with Crippen molar-refractivity contribution in [1.82, 2.24) is 10.2 Å². The number of nitrogens with two attached hydrogens (primary N) is 1. The van der Waals surface area contributed by atoms with Gasteiger partial charge in [0.1, 0.15) is 29.1 Å². The number of nitrogens with one attached hydrogen (secondary N) is 1. The number of Topliss-reactive ketones (excluding diaryl/α,β-unsaturated/α-hetero) is 3. The third-order valence-corrected chi connectivity index (χ3v) is 10.0. The Balaban J connectivity index is 1.90. The number of phenolic OH excluding ortho intramolecular Hbond substituents is 2. The number of amides is 2. The molecule has 1 aliphatic heterocycles. The second-order valence-electron chi connectivity index (χ2n) is 14.4. The Morgan fingerprint density at radius 2 is 1.52 bits per heavy atom. The van der Waals surface area contributed by atoms with E-state index in [0.29, 0.717) is 56.2 Å². The minimum Gasteiger partial charge on any atom is -0.507 e. The summed E-state index contributed by atoms with van der Waals surface area (Å²) in [5, 5.41) is 34.6. The zero-order valence-electron chi connectivity index (χ0n) is 31.2. The average Bonchev–Trinajstić information content (AvgIpc) is 3.11. The van der Waals surface area contributed by atoms with Gasteiger partial charge in [-0.05, 0) is 74.0 Å². The maximum atomic E-state index is 14.3. The van der Waals surface area contributed by atoms with Crippen molar-refractivity contribution in [2.45, 2.75) is 122 Å². The topological polar surface area (TPSA) is 187 Å². The fraction of sp³-hybridized carbons (Fsp3) is 0.585. The van der Waals surface area contributed by atoms with Crippen LogP contribution in [-0.4, -0.2) is 75.6 Å². The predicted octanol–water partition coefficient (Wildman–Crippen LogP) is 5.70. The van der Waals surface area contributed by atoms with Gasteiger partial charge in [-0.3, -0.25) is 24.0 Å². The summed E-state index contributed by atoms with van der Waals surface area (Å²) in [6.45, 7) is 3.82. The van der Waals surface area contributed by atoms with E-state index in [0.717, 1.165) is 32.1 Å². The number of phenols is 2. The number of rotatable bonds is 19. The molecular weight excluding hydrogens is 662 g/mol. The maximum absolute atomic E-state index is 14.3. The number of carbonyl (C=O) groups excluding carboxylic acids is 5. The molecular formula is C41H59N3O8. The van der Waals surface area contributed by atoms with Crippen molar-refractivity contribution in [1.29, 1.82) is 0 Å². The van der Waals surface area contributed by atoms with E-state index in [1.807, 2.05) is 0 Å². The summed E-state index contributed by atoms with van der Waals surface area (Å²) in [4.78, 5) is 68.6. The Morgan fingerprint density at radius 1 is 0.865 bits per heavy atom. The summed E-state index contributed by atoms with van der Waals surface area (Å²) in [6, 6.07) is 7.47. The van der Waals surface area contributed by atoms with Crippen LogP contribution in [0, 0.1) is 11.8 Å². The lowest BCUT2D eigenvalue weighted by molar-refractivity contribution is -0.144. The van der Waals surface area contributed by atoms with Crippen LogP contribution in [0.4, 0.5) is 0 Å². The second kappa shape index (κ2) is 21.4. The Labute approximate surface area is 308 Å². The number of aliphatic hydroxyl groups is 1. The highest BCUT2D eigenvalue weighted by molar-refractivity contribution is 5.95. The number of aliphatic hydroxyl groups excluding tert-OH is 1. The molecule has 52 heavy (non-hydrogen) atoms. The van der Waals surface area contributed by atoms with Gasteiger partial charge in [-0.25, -0.2) is 0 Å². The van der Waals surface area contributed by atoms with Gasteiger partial charge in [0.15, 0.2) is 5.78 Å². The van der Waals surface area contributed by atoms with Crippen LogP contribution in [-0.2, 0) is 30.4 Å². The number of hydrogen-bond donors (Lipinski definition) is 5. The molecule has 11 nitrogen and oxygen atoms in total. The highest BCUT2D eigenvalue weighted by Crippen LogP contribution is 2.39. The first-order chi connectivity index (χ1) is 24.9. The SMILES string of the molecule is CCCCCCCC(=O)CCCC(=O)C[C@@H](CCCCN)C(=O)N(C)[C@@H]1C(=O)C[C@@H](C)C(=O)N[C@H](CO)Cc2ccc(O)c(c2)-c2cc1ccc2O. The molecule has 2 amide bonds. The van der Waals surface area contributed by atoms with Crippen molar-refractivity contribution in [2.24, 2.45) is 17.6 Å². The van der Waals surface area contributed by atoms with Gasteiger partial charge in [-0.1, -0.05) is 58.1 Å². The van der Waals surface area contributed by atoms with Crippen LogP contribution in [0.15, 0.2) is 36.4 Å². The van der Waals surface area contributed by atoms with E-state index in [1.165, 1.54) is 24.1 Å². The average molecular weight is 722 g/mol. The van der Waals surface area contributed by atoms with Crippen molar-refractivity contribution < 1.29 is 39.3 Å². The molecule has 2 aromatic rings. The molecule has 1 aliphatic rings. The predicted molar refractivity (Wildman–Crippen MR) is 200 cm³/mol. The van der Waals surface area contributed by atoms with E-state index in [9.17, 15) is 39.3 Å². The Hall–Kier alpha value is -4.09. The smallest absolute Gasteiger partial charge is 0.226 e. The molecule has 0 fully saturated rings. The first-order valence-corrected chi connectivity index (χ1v) is 19.0. The summed E-state index contributed by atoms with van der Waals surface area (Å²) < 4.78 is 0. The molecule has 0 aliphatic carbocycles. The van der Waals surface area contributed by atoms with E-state index in [4.69, 9.17) is 5.73 Å². The monoisotopic (exact) mass is 721 g/mol. The highest BCUT2D eigenvalue weighted by Gasteiger charge is 2.35. The molecule has 4 atom stereocenters. The van der Waals surface area contributed by atoms with Gasteiger partial charge in [0, 0.05) is 62.1 Å². The van der Waals surface area contributed by atoms with Crippen molar-refractivity contribution in [3.63, 3.8) is 0 Å². The van der Waals surface area contributed by atoms with Crippen molar-refractivity contribution in [3.05, 3.63) is 47.5 Å². The fourth-order valence-electron chi connectivity index (χ4n) is 6.96. The van der Waals surface area contributed by atoms with Crippen molar-refractivity contribution >= 4 is 29.2 Å². The number of carbonyl (C=O) groups is 5. The van der Waals surface area contributed by atoms with E-state index in [-0.39, 0.29) is 66.5 Å². The number of unbranched alkanes of at least 4 members (excludes halogenated alkanes) is 5. The van der Waals surface area contributed by atoms with Gasteiger partial charge in [0.05, 0.1) is 12.6 Å². The highest BCUT2D eigenvalue weighted by atomic mass is 16.3. The molecule has 286 valence electrons. The zero-order chi connectivity index (χ0) is 38.2. The van der Waals surface area contributed by atoms with Crippen LogP contribution in [0.3, 0.4) is 0 Å². The van der Waals surface area contributed by atoms with Gasteiger partial charge in [-0.15, -0.1) is 0 Å². The first-order valence-electron chi connectivity index (χ1n) is 19.0. The molecule has 3 rings (SSSR count). The molecule has 4 bridgehead atoms. The first kappa shape index (κ1) is 42.3. The largest absolute Gasteiger partial charge is 0.507 e. The Kier molecular flexibility index (Phi) is 17.4. The Morgan fingerprint density at radius 3 is 2.21 bits per heavy atom. The summed E-state index contributed by atoms with van der Waals surface area (Å²) in [6.07, 6.45) is 8.39.